The highest BCUT2D eigenvalue weighted by Gasteiger charge is 2.22. The lowest BCUT2D eigenvalue weighted by atomic mass is 10.0. The largest absolute Gasteiger partial charge is 0.353 e. The second-order valence-corrected chi connectivity index (χ2v) is 8.19. The number of hydrogen-bond acceptors (Lipinski definition) is 4. The van der Waals surface area contributed by atoms with E-state index in [1.54, 1.807) is 12.1 Å². The third kappa shape index (κ3) is 4.86. The van der Waals surface area contributed by atoms with Crippen LogP contribution < -0.4 is 10.5 Å². The molecule has 1 amide bonds. The highest BCUT2D eigenvalue weighted by Crippen LogP contribution is 2.28. The van der Waals surface area contributed by atoms with E-state index in [1.807, 2.05) is 35.2 Å². The Morgan fingerprint density at radius 3 is 2.52 bits per heavy atom. The van der Waals surface area contributed by atoms with Crippen molar-refractivity contribution in [3.63, 3.8) is 0 Å². The predicted molar refractivity (Wildman–Crippen MR) is 114 cm³/mol. The van der Waals surface area contributed by atoms with E-state index in [2.05, 4.69) is 10.00 Å². The van der Waals surface area contributed by atoms with E-state index >= 15 is 0 Å². The summed E-state index contributed by atoms with van der Waals surface area (Å²) in [7, 11) is 0. The van der Waals surface area contributed by atoms with Crippen LogP contribution in [-0.2, 0) is 4.79 Å². The van der Waals surface area contributed by atoms with Crippen LogP contribution in [0.3, 0.4) is 0 Å². The number of rotatable bonds is 5. The van der Waals surface area contributed by atoms with Crippen molar-refractivity contribution in [3.05, 3.63) is 52.8 Å². The number of hydrogen-bond donors (Lipinski definition) is 0. The maximum Gasteiger partial charge on any atom is 0.271 e. The van der Waals surface area contributed by atoms with E-state index in [1.165, 1.54) is 30.4 Å². The second kappa shape index (κ2) is 9.25. The van der Waals surface area contributed by atoms with Gasteiger partial charge < -0.3 is 9.80 Å². The smallest absolute Gasteiger partial charge is 0.271 e. The second-order valence-electron chi connectivity index (χ2n) is 8.19. The van der Waals surface area contributed by atoms with Crippen molar-refractivity contribution in [3.8, 4) is 5.69 Å². The summed E-state index contributed by atoms with van der Waals surface area (Å²) in [6, 6.07) is 12.8. The van der Waals surface area contributed by atoms with E-state index in [-0.39, 0.29) is 5.56 Å². The molecule has 0 unspecified atom stereocenters. The Balaban J connectivity index is 1.39. The predicted octanol–water partition coefficient (Wildman–Crippen LogP) is 3.24. The number of amides is 1. The third-order valence-corrected chi connectivity index (χ3v) is 6.20. The number of aromatic nitrogens is 2. The molecular weight excluding hydrogens is 364 g/mol. The molecule has 1 aromatic carbocycles. The molecule has 1 aromatic heterocycles. The van der Waals surface area contributed by atoms with Crippen LogP contribution in [0, 0.1) is 5.92 Å². The van der Waals surface area contributed by atoms with Crippen molar-refractivity contribution < 1.29 is 4.79 Å². The Kier molecular flexibility index (Phi) is 6.27. The quantitative estimate of drug-likeness (QED) is 0.781. The molecule has 1 saturated heterocycles. The SMILES string of the molecule is O=C(CCC1CCCC1)N1CCCN(c2ccc(=O)n(-c3ccccc3)n2)CC1. The first kappa shape index (κ1) is 19.7. The average Bonchev–Trinajstić information content (AvgIpc) is 3.16. The van der Waals surface area contributed by atoms with Crippen LogP contribution in [0.15, 0.2) is 47.3 Å². The average molecular weight is 395 g/mol. The fraction of sp³-hybridized carbons (Fsp3) is 0.522. The Morgan fingerprint density at radius 1 is 0.931 bits per heavy atom. The Bertz CT molecular complexity index is 874. The highest BCUT2D eigenvalue weighted by molar-refractivity contribution is 5.76. The lowest BCUT2D eigenvalue weighted by Gasteiger charge is -2.23. The summed E-state index contributed by atoms with van der Waals surface area (Å²) in [5, 5.41) is 4.59. The molecule has 1 saturated carbocycles. The summed E-state index contributed by atoms with van der Waals surface area (Å²) in [5.74, 6) is 1.83. The first-order valence-electron chi connectivity index (χ1n) is 10.9. The van der Waals surface area contributed by atoms with Gasteiger partial charge in [0.25, 0.3) is 5.56 Å². The molecule has 0 atom stereocenters. The molecule has 0 radical (unpaired) electrons. The van der Waals surface area contributed by atoms with Crippen molar-refractivity contribution in [1.82, 2.24) is 14.7 Å². The molecule has 0 spiro atoms. The molecule has 1 aliphatic heterocycles. The van der Waals surface area contributed by atoms with Crippen molar-refractivity contribution in [1.29, 1.82) is 0 Å². The van der Waals surface area contributed by atoms with Crippen LogP contribution in [0.2, 0.25) is 0 Å². The lowest BCUT2D eigenvalue weighted by molar-refractivity contribution is -0.131. The van der Waals surface area contributed by atoms with Gasteiger partial charge in [-0.25, -0.2) is 0 Å². The van der Waals surface area contributed by atoms with Gasteiger partial charge in [0.05, 0.1) is 5.69 Å². The zero-order chi connectivity index (χ0) is 20.1. The van der Waals surface area contributed by atoms with Gasteiger partial charge in [-0.2, -0.15) is 4.68 Å². The van der Waals surface area contributed by atoms with E-state index in [0.717, 1.165) is 56.4 Å². The van der Waals surface area contributed by atoms with E-state index in [4.69, 9.17) is 0 Å². The van der Waals surface area contributed by atoms with Gasteiger partial charge in [-0.15, -0.1) is 5.10 Å². The summed E-state index contributed by atoms with van der Waals surface area (Å²) in [4.78, 5) is 29.2. The monoisotopic (exact) mass is 394 g/mol. The number of carbonyl (C=O) groups excluding carboxylic acids is 1. The third-order valence-electron chi connectivity index (χ3n) is 6.20. The summed E-state index contributed by atoms with van der Waals surface area (Å²) < 4.78 is 1.45. The molecule has 2 fully saturated rings. The zero-order valence-electron chi connectivity index (χ0n) is 17.0. The normalized spacial score (nSPS) is 18.1. The molecule has 29 heavy (non-hydrogen) atoms. The standard InChI is InChI=1S/C23H30N4O2/c28-22(13-11-19-7-4-5-8-19)26-16-6-15-25(17-18-26)21-12-14-23(29)27(24-21)20-9-2-1-3-10-20/h1-3,9-10,12,14,19H,4-8,11,13,15-18H2. The number of anilines is 1. The molecule has 0 N–H and O–H groups in total. The van der Waals surface area contributed by atoms with Crippen molar-refractivity contribution in [2.75, 3.05) is 31.1 Å². The first-order chi connectivity index (χ1) is 14.2. The molecule has 1 aliphatic carbocycles. The van der Waals surface area contributed by atoms with E-state index in [0.29, 0.717) is 12.3 Å². The van der Waals surface area contributed by atoms with Gasteiger partial charge in [-0.3, -0.25) is 9.59 Å². The van der Waals surface area contributed by atoms with Gasteiger partial charge in [0.15, 0.2) is 0 Å². The molecule has 2 heterocycles. The molecular formula is C23H30N4O2. The molecule has 6 heteroatoms. The molecule has 0 bridgehead atoms. The van der Waals surface area contributed by atoms with Crippen LogP contribution in [0.25, 0.3) is 5.69 Å². The van der Waals surface area contributed by atoms with Crippen molar-refractivity contribution >= 4 is 11.7 Å². The van der Waals surface area contributed by atoms with Gasteiger partial charge in [0.2, 0.25) is 5.91 Å². The van der Waals surface area contributed by atoms with E-state index in [9.17, 15) is 9.59 Å². The Labute approximate surface area is 172 Å². The van der Waals surface area contributed by atoms with Gasteiger partial charge in [-0.1, -0.05) is 43.9 Å². The molecule has 4 rings (SSSR count). The van der Waals surface area contributed by atoms with Gasteiger partial charge in [0, 0.05) is 38.7 Å². The molecule has 2 aliphatic rings. The minimum Gasteiger partial charge on any atom is -0.353 e. The Hall–Kier alpha value is -2.63. The fourth-order valence-electron chi connectivity index (χ4n) is 4.51. The number of carbonyl (C=O) groups is 1. The topological polar surface area (TPSA) is 58.4 Å². The maximum absolute atomic E-state index is 12.7. The number of benzene rings is 1. The first-order valence-corrected chi connectivity index (χ1v) is 10.9. The fourth-order valence-corrected chi connectivity index (χ4v) is 4.51. The molecule has 2 aromatic rings. The molecule has 6 nitrogen and oxygen atoms in total. The van der Waals surface area contributed by atoms with Crippen LogP contribution in [0.1, 0.15) is 44.9 Å². The maximum atomic E-state index is 12.7. The number of nitrogens with zero attached hydrogens (tertiary/aromatic N) is 4. The number of para-hydroxylation sites is 1. The minimum atomic E-state index is -0.140. The van der Waals surface area contributed by atoms with Gasteiger partial charge in [0.1, 0.15) is 5.82 Å². The van der Waals surface area contributed by atoms with Crippen molar-refractivity contribution in [2.24, 2.45) is 5.92 Å². The van der Waals surface area contributed by atoms with Crippen LogP contribution in [0.5, 0.6) is 0 Å². The zero-order valence-corrected chi connectivity index (χ0v) is 17.0. The summed E-state index contributed by atoms with van der Waals surface area (Å²) in [6.45, 7) is 3.11. The highest BCUT2D eigenvalue weighted by atomic mass is 16.2. The van der Waals surface area contributed by atoms with Crippen LogP contribution in [-0.4, -0.2) is 46.8 Å². The summed E-state index contributed by atoms with van der Waals surface area (Å²) in [5.41, 5.74) is 0.622. The summed E-state index contributed by atoms with van der Waals surface area (Å²) >= 11 is 0. The minimum absolute atomic E-state index is 0.140. The van der Waals surface area contributed by atoms with Crippen LogP contribution in [0.4, 0.5) is 5.82 Å². The van der Waals surface area contributed by atoms with Gasteiger partial charge >= 0.3 is 0 Å². The van der Waals surface area contributed by atoms with E-state index < -0.39 is 0 Å². The lowest BCUT2D eigenvalue weighted by Crippen LogP contribution is -2.36. The van der Waals surface area contributed by atoms with Gasteiger partial charge in [-0.05, 0) is 37.0 Å². The van der Waals surface area contributed by atoms with Crippen LogP contribution >= 0.6 is 0 Å². The molecule has 154 valence electrons. The van der Waals surface area contributed by atoms with Crippen molar-refractivity contribution in [2.45, 2.75) is 44.9 Å². The summed E-state index contributed by atoms with van der Waals surface area (Å²) in [6.07, 6.45) is 7.89. The Morgan fingerprint density at radius 2 is 1.72 bits per heavy atom.